The third-order valence-corrected chi connectivity index (χ3v) is 3.52. The number of thiazole rings is 1. The molecule has 0 aliphatic carbocycles. The lowest BCUT2D eigenvalue weighted by molar-refractivity contribution is 0.0929. The van der Waals surface area contributed by atoms with E-state index in [2.05, 4.69) is 24.1 Å². The van der Waals surface area contributed by atoms with Crippen LogP contribution in [0.2, 0.25) is 0 Å². The number of carbonyl (C=O) groups is 1. The van der Waals surface area contributed by atoms with Crippen molar-refractivity contribution >= 4 is 29.7 Å². The van der Waals surface area contributed by atoms with E-state index >= 15 is 0 Å². The normalized spacial score (nSPS) is 11.7. The molecule has 0 spiro atoms. The van der Waals surface area contributed by atoms with Gasteiger partial charge in [0.2, 0.25) is 0 Å². The number of nitrogens with zero attached hydrogens (tertiary/aromatic N) is 1. The molecular formula is C12H22ClN3OS. The minimum Gasteiger partial charge on any atom is -0.348 e. The molecule has 104 valence electrons. The Hall–Kier alpha value is -0.650. The summed E-state index contributed by atoms with van der Waals surface area (Å²) in [4.78, 5) is 16.2. The van der Waals surface area contributed by atoms with Gasteiger partial charge in [0.25, 0.3) is 5.91 Å². The van der Waals surface area contributed by atoms with Crippen LogP contribution in [-0.2, 0) is 6.42 Å². The number of hydrogen-bond acceptors (Lipinski definition) is 4. The number of nitrogens with two attached hydrogens (primary N) is 1. The molecule has 1 heterocycles. The summed E-state index contributed by atoms with van der Waals surface area (Å²) in [5, 5.41) is 5.75. The monoisotopic (exact) mass is 291 g/mol. The maximum Gasteiger partial charge on any atom is 0.270 e. The second-order valence-corrected chi connectivity index (χ2v) is 4.98. The molecule has 1 amide bonds. The van der Waals surface area contributed by atoms with E-state index in [0.29, 0.717) is 12.2 Å². The topological polar surface area (TPSA) is 68.0 Å². The van der Waals surface area contributed by atoms with Crippen LogP contribution in [0.15, 0.2) is 5.38 Å². The van der Waals surface area contributed by atoms with Gasteiger partial charge in [-0.1, -0.05) is 20.3 Å². The van der Waals surface area contributed by atoms with Gasteiger partial charge in [0.1, 0.15) is 5.69 Å². The van der Waals surface area contributed by atoms with E-state index in [0.717, 1.165) is 30.7 Å². The van der Waals surface area contributed by atoms with Crippen molar-refractivity contribution in [2.75, 3.05) is 6.54 Å². The van der Waals surface area contributed by atoms with Gasteiger partial charge in [-0.15, -0.1) is 23.7 Å². The van der Waals surface area contributed by atoms with E-state index in [1.807, 2.05) is 0 Å². The van der Waals surface area contributed by atoms with Crippen LogP contribution < -0.4 is 11.1 Å². The van der Waals surface area contributed by atoms with Gasteiger partial charge >= 0.3 is 0 Å². The average Bonchev–Trinajstić information content (AvgIpc) is 2.77. The lowest BCUT2D eigenvalue weighted by Gasteiger charge is -2.14. The molecule has 1 unspecified atom stereocenters. The fourth-order valence-electron chi connectivity index (χ4n) is 1.64. The average molecular weight is 292 g/mol. The van der Waals surface area contributed by atoms with Crippen molar-refractivity contribution < 1.29 is 4.79 Å². The first-order valence-electron chi connectivity index (χ1n) is 6.16. The summed E-state index contributed by atoms with van der Waals surface area (Å²) < 4.78 is 0. The molecule has 1 aromatic rings. The summed E-state index contributed by atoms with van der Waals surface area (Å²) in [7, 11) is 0. The van der Waals surface area contributed by atoms with Gasteiger partial charge in [0.15, 0.2) is 0 Å². The Balaban J connectivity index is 0.00000289. The zero-order chi connectivity index (χ0) is 12.7. The van der Waals surface area contributed by atoms with E-state index in [4.69, 9.17) is 5.73 Å². The Labute approximate surface area is 119 Å². The molecule has 4 nitrogen and oxygen atoms in total. The Morgan fingerprint density at radius 3 is 2.83 bits per heavy atom. The van der Waals surface area contributed by atoms with Crippen LogP contribution in [0.5, 0.6) is 0 Å². The lowest BCUT2D eigenvalue weighted by atomic mass is 10.1. The van der Waals surface area contributed by atoms with Gasteiger partial charge < -0.3 is 11.1 Å². The van der Waals surface area contributed by atoms with E-state index in [-0.39, 0.29) is 24.4 Å². The van der Waals surface area contributed by atoms with Crippen molar-refractivity contribution in [3.05, 3.63) is 16.1 Å². The molecule has 3 N–H and O–H groups in total. The van der Waals surface area contributed by atoms with Crippen molar-refractivity contribution in [1.82, 2.24) is 10.3 Å². The van der Waals surface area contributed by atoms with Crippen LogP contribution in [-0.4, -0.2) is 23.5 Å². The minimum atomic E-state index is -0.0650. The highest BCUT2D eigenvalue weighted by molar-refractivity contribution is 7.09. The van der Waals surface area contributed by atoms with Crippen molar-refractivity contribution in [2.24, 2.45) is 5.73 Å². The zero-order valence-electron chi connectivity index (χ0n) is 10.9. The molecule has 1 rings (SSSR count). The first kappa shape index (κ1) is 17.4. The highest BCUT2D eigenvalue weighted by Gasteiger charge is 2.14. The number of hydrogen-bond donors (Lipinski definition) is 2. The third kappa shape index (κ3) is 5.33. The predicted octanol–water partition coefficient (Wildman–Crippen LogP) is 2.37. The van der Waals surface area contributed by atoms with E-state index in [1.165, 1.54) is 11.3 Å². The van der Waals surface area contributed by atoms with Crippen molar-refractivity contribution in [2.45, 2.75) is 45.6 Å². The molecule has 0 fully saturated rings. The summed E-state index contributed by atoms with van der Waals surface area (Å²) in [5.74, 6) is -0.0650. The third-order valence-electron chi connectivity index (χ3n) is 2.61. The van der Waals surface area contributed by atoms with Gasteiger partial charge in [0, 0.05) is 17.8 Å². The molecule has 6 heteroatoms. The zero-order valence-corrected chi connectivity index (χ0v) is 12.6. The van der Waals surface area contributed by atoms with Gasteiger partial charge in [0.05, 0.1) is 5.01 Å². The Kier molecular flexibility index (Phi) is 8.97. The second kappa shape index (κ2) is 9.30. The van der Waals surface area contributed by atoms with Crippen molar-refractivity contribution in [1.29, 1.82) is 0 Å². The molecule has 1 aromatic heterocycles. The van der Waals surface area contributed by atoms with Crippen molar-refractivity contribution in [3.63, 3.8) is 0 Å². The van der Waals surface area contributed by atoms with Crippen LogP contribution in [0.3, 0.4) is 0 Å². The van der Waals surface area contributed by atoms with Crippen LogP contribution in [0.4, 0.5) is 0 Å². The van der Waals surface area contributed by atoms with Gasteiger partial charge in [-0.05, 0) is 19.4 Å². The molecule has 1 atom stereocenters. The summed E-state index contributed by atoms with van der Waals surface area (Å²) in [6, 6.07) is 0.257. The van der Waals surface area contributed by atoms with Crippen LogP contribution in [0.25, 0.3) is 0 Å². The molecule has 0 aliphatic heterocycles. The number of aromatic nitrogens is 1. The largest absolute Gasteiger partial charge is 0.348 e. The highest BCUT2D eigenvalue weighted by Crippen LogP contribution is 2.11. The molecule has 0 saturated carbocycles. The highest BCUT2D eigenvalue weighted by atomic mass is 35.5. The Morgan fingerprint density at radius 2 is 2.28 bits per heavy atom. The van der Waals surface area contributed by atoms with Crippen LogP contribution >= 0.6 is 23.7 Å². The SMILES string of the molecule is CCCC(CC)NC(=O)c1csc(CCN)n1.Cl. The number of nitrogens with one attached hydrogen (secondary N) is 1. The number of amides is 1. The molecule has 0 aromatic carbocycles. The Morgan fingerprint density at radius 1 is 1.56 bits per heavy atom. The number of halogens is 1. The summed E-state index contributed by atoms with van der Waals surface area (Å²) >= 11 is 1.50. The molecular weight excluding hydrogens is 270 g/mol. The van der Waals surface area contributed by atoms with E-state index in [9.17, 15) is 4.79 Å². The molecule has 0 radical (unpaired) electrons. The van der Waals surface area contributed by atoms with Crippen LogP contribution in [0, 0.1) is 0 Å². The van der Waals surface area contributed by atoms with Crippen molar-refractivity contribution in [3.8, 4) is 0 Å². The number of rotatable bonds is 7. The van der Waals surface area contributed by atoms with E-state index < -0.39 is 0 Å². The minimum absolute atomic E-state index is 0. The molecule has 18 heavy (non-hydrogen) atoms. The van der Waals surface area contributed by atoms with Crippen LogP contribution in [0.1, 0.15) is 48.6 Å². The van der Waals surface area contributed by atoms with E-state index in [1.54, 1.807) is 5.38 Å². The first-order chi connectivity index (χ1) is 8.21. The maximum absolute atomic E-state index is 11.9. The quantitative estimate of drug-likeness (QED) is 0.810. The standard InChI is InChI=1S/C12H21N3OS.ClH/c1-3-5-9(4-2)14-12(16)10-8-17-11(15-10)6-7-13;/h8-9H,3-7,13H2,1-2H3,(H,14,16);1H. The fourth-order valence-corrected chi connectivity index (χ4v) is 2.43. The van der Waals surface area contributed by atoms with Gasteiger partial charge in [-0.3, -0.25) is 4.79 Å². The fraction of sp³-hybridized carbons (Fsp3) is 0.667. The van der Waals surface area contributed by atoms with Gasteiger partial charge in [-0.2, -0.15) is 0 Å². The Bertz CT molecular complexity index is 357. The lowest BCUT2D eigenvalue weighted by Crippen LogP contribution is -2.34. The second-order valence-electron chi connectivity index (χ2n) is 4.03. The molecule has 0 aliphatic rings. The maximum atomic E-state index is 11.9. The molecule has 0 bridgehead atoms. The smallest absolute Gasteiger partial charge is 0.270 e. The summed E-state index contributed by atoms with van der Waals surface area (Å²) in [6.07, 6.45) is 3.79. The predicted molar refractivity (Wildman–Crippen MR) is 78.6 cm³/mol. The summed E-state index contributed by atoms with van der Waals surface area (Å²) in [6.45, 7) is 4.78. The summed E-state index contributed by atoms with van der Waals surface area (Å²) in [5.41, 5.74) is 5.98. The number of carbonyl (C=O) groups excluding carboxylic acids is 1. The molecule has 0 saturated heterocycles. The first-order valence-corrected chi connectivity index (χ1v) is 7.04. The van der Waals surface area contributed by atoms with Gasteiger partial charge in [-0.25, -0.2) is 4.98 Å².